The van der Waals surface area contributed by atoms with Crippen molar-refractivity contribution in [1.29, 1.82) is 0 Å². The third kappa shape index (κ3) is 6.76. The van der Waals surface area contributed by atoms with Crippen molar-refractivity contribution in [2.24, 2.45) is 0 Å². The molecule has 0 saturated heterocycles. The molecule has 1 atom stereocenters. The van der Waals surface area contributed by atoms with Crippen LogP contribution in [0.2, 0.25) is 0 Å². The van der Waals surface area contributed by atoms with E-state index < -0.39 is 24.2 Å². The number of carbonyl (C=O) groups excluding carboxylic acids is 1. The number of nitrogens with one attached hydrogen (secondary N) is 2. The number of aromatic amines is 1. The van der Waals surface area contributed by atoms with Crippen LogP contribution in [0.4, 0.5) is 13.2 Å². The third-order valence-corrected chi connectivity index (χ3v) is 5.23. The lowest BCUT2D eigenvalue weighted by Crippen LogP contribution is -2.28. The van der Waals surface area contributed by atoms with Crippen molar-refractivity contribution in [2.75, 3.05) is 6.54 Å². The Labute approximate surface area is 208 Å². The van der Waals surface area contributed by atoms with Gasteiger partial charge in [0.15, 0.2) is 5.69 Å². The van der Waals surface area contributed by atoms with E-state index in [0.29, 0.717) is 16.6 Å². The first-order chi connectivity index (χ1) is 17.0. The Hall–Kier alpha value is -4.04. The lowest BCUT2D eigenvalue weighted by molar-refractivity contribution is -0.192. The molecule has 14 heteroatoms. The molecular formula is C22H17BrF3N5O5. The maximum absolute atomic E-state index is 12.3. The molecule has 0 aliphatic rings. The maximum Gasteiger partial charge on any atom is 0.490 e. The molecule has 2 heterocycles. The minimum Gasteiger partial charge on any atom is -0.475 e. The quantitative estimate of drug-likeness (QED) is 0.289. The standard InChI is InChI=1S/C20H16BrN5O3.C2HF3O2/c21-14-3-1-12(2-4-14)18(27)10-23-20(29)17-11-26(25-24-17)15-5-6-16-13(9-15)7-8-22-19(16)28;3-2(4,5)1(6)7/h1-9,11,18,27H,10H2,(H,22,28)(H,23,29);(H,6,7). The van der Waals surface area contributed by atoms with Gasteiger partial charge in [0.1, 0.15) is 0 Å². The number of halogens is 4. The molecule has 0 radical (unpaired) electrons. The molecule has 4 rings (SSSR count). The summed E-state index contributed by atoms with van der Waals surface area (Å²) in [7, 11) is 0. The van der Waals surface area contributed by atoms with Crippen LogP contribution in [-0.4, -0.2) is 54.8 Å². The predicted octanol–water partition coefficient (Wildman–Crippen LogP) is 2.97. The first-order valence-electron chi connectivity index (χ1n) is 10.0. The SMILES string of the molecule is O=C(NCC(O)c1ccc(Br)cc1)c1cn(-c2ccc3c(=O)[nH]ccc3c2)nn1.O=C(O)C(F)(F)F. The van der Waals surface area contributed by atoms with Crippen LogP contribution >= 0.6 is 15.9 Å². The van der Waals surface area contributed by atoms with Crippen LogP contribution in [0.3, 0.4) is 0 Å². The Morgan fingerprint density at radius 2 is 1.81 bits per heavy atom. The highest BCUT2D eigenvalue weighted by molar-refractivity contribution is 9.10. The van der Waals surface area contributed by atoms with Crippen LogP contribution < -0.4 is 10.9 Å². The number of fused-ring (bicyclic) bond motifs is 1. The van der Waals surface area contributed by atoms with Gasteiger partial charge in [0, 0.05) is 22.6 Å². The summed E-state index contributed by atoms with van der Waals surface area (Å²) in [5, 5.41) is 29.2. The van der Waals surface area contributed by atoms with Gasteiger partial charge in [-0.15, -0.1) is 5.10 Å². The van der Waals surface area contributed by atoms with Crippen LogP contribution in [0.1, 0.15) is 22.2 Å². The number of H-pyrrole nitrogens is 1. The number of pyridine rings is 1. The molecule has 4 aromatic rings. The molecule has 10 nitrogen and oxygen atoms in total. The number of nitrogens with zero attached hydrogens (tertiary/aromatic N) is 3. The van der Waals surface area contributed by atoms with Crippen LogP contribution in [-0.2, 0) is 4.79 Å². The molecule has 0 aliphatic carbocycles. The van der Waals surface area contributed by atoms with E-state index in [2.05, 4.69) is 36.5 Å². The van der Waals surface area contributed by atoms with Gasteiger partial charge in [-0.25, -0.2) is 9.48 Å². The van der Waals surface area contributed by atoms with Crippen molar-refractivity contribution in [1.82, 2.24) is 25.3 Å². The molecular weight excluding hydrogens is 551 g/mol. The minimum absolute atomic E-state index is 0.0477. The Balaban J connectivity index is 0.000000454. The molecule has 36 heavy (non-hydrogen) atoms. The number of aromatic nitrogens is 4. The fourth-order valence-corrected chi connectivity index (χ4v) is 3.16. The molecule has 0 fully saturated rings. The van der Waals surface area contributed by atoms with Crippen LogP contribution in [0, 0.1) is 0 Å². The highest BCUT2D eigenvalue weighted by Gasteiger charge is 2.38. The van der Waals surface area contributed by atoms with Gasteiger partial charge in [0.25, 0.3) is 11.5 Å². The number of carboxylic acids is 1. The number of benzene rings is 2. The second-order valence-electron chi connectivity index (χ2n) is 7.21. The number of amides is 1. The van der Waals surface area contributed by atoms with Gasteiger partial charge in [-0.05, 0) is 47.3 Å². The highest BCUT2D eigenvalue weighted by atomic mass is 79.9. The normalized spacial score (nSPS) is 11.9. The molecule has 0 bridgehead atoms. The summed E-state index contributed by atoms with van der Waals surface area (Å²) < 4.78 is 34.1. The zero-order chi connectivity index (χ0) is 26.5. The van der Waals surface area contributed by atoms with Gasteiger partial charge in [-0.3, -0.25) is 9.59 Å². The Bertz CT molecular complexity index is 1440. The Morgan fingerprint density at radius 1 is 1.14 bits per heavy atom. The van der Waals surface area contributed by atoms with Crippen molar-refractivity contribution in [2.45, 2.75) is 12.3 Å². The van der Waals surface area contributed by atoms with E-state index in [9.17, 15) is 27.9 Å². The number of hydrogen-bond acceptors (Lipinski definition) is 6. The summed E-state index contributed by atoms with van der Waals surface area (Å²) in [4.78, 5) is 35.7. The second kappa shape index (κ2) is 11.1. The fraction of sp³-hybridized carbons (Fsp3) is 0.136. The summed E-state index contributed by atoms with van der Waals surface area (Å²) in [5.74, 6) is -3.20. The van der Waals surface area contributed by atoms with Crippen LogP contribution in [0.25, 0.3) is 16.5 Å². The molecule has 0 saturated carbocycles. The monoisotopic (exact) mass is 567 g/mol. The maximum atomic E-state index is 12.3. The van der Waals surface area contributed by atoms with E-state index >= 15 is 0 Å². The first kappa shape index (κ1) is 26.6. The summed E-state index contributed by atoms with van der Waals surface area (Å²) in [5.41, 5.74) is 1.32. The number of rotatable bonds is 5. The molecule has 1 amide bonds. The zero-order valence-corrected chi connectivity index (χ0v) is 19.6. The van der Waals surface area contributed by atoms with Crippen LogP contribution in [0.5, 0.6) is 0 Å². The molecule has 4 N–H and O–H groups in total. The second-order valence-corrected chi connectivity index (χ2v) is 8.12. The molecule has 2 aromatic heterocycles. The van der Waals surface area contributed by atoms with Gasteiger partial charge < -0.3 is 20.5 Å². The molecule has 0 aliphatic heterocycles. The smallest absolute Gasteiger partial charge is 0.475 e. The third-order valence-electron chi connectivity index (χ3n) is 4.70. The zero-order valence-electron chi connectivity index (χ0n) is 18.0. The Morgan fingerprint density at radius 3 is 2.44 bits per heavy atom. The number of aliphatic carboxylic acids is 1. The number of hydrogen-bond donors (Lipinski definition) is 4. The van der Waals surface area contributed by atoms with Crippen molar-refractivity contribution >= 4 is 38.6 Å². The van der Waals surface area contributed by atoms with E-state index in [4.69, 9.17) is 9.90 Å². The summed E-state index contributed by atoms with van der Waals surface area (Å²) >= 11 is 3.34. The van der Waals surface area contributed by atoms with Crippen molar-refractivity contribution in [3.63, 3.8) is 0 Å². The lowest BCUT2D eigenvalue weighted by Gasteiger charge is -2.11. The van der Waals surface area contributed by atoms with Crippen molar-refractivity contribution < 1.29 is 33.0 Å². The van der Waals surface area contributed by atoms with E-state index in [1.807, 2.05) is 12.1 Å². The number of carbonyl (C=O) groups is 2. The van der Waals surface area contributed by atoms with E-state index in [1.165, 1.54) is 10.9 Å². The fourth-order valence-electron chi connectivity index (χ4n) is 2.90. The van der Waals surface area contributed by atoms with Crippen molar-refractivity contribution in [3.8, 4) is 5.69 Å². The molecule has 0 spiro atoms. The predicted molar refractivity (Wildman–Crippen MR) is 125 cm³/mol. The average molecular weight is 568 g/mol. The number of carboxylic acid groups (broad SMARTS) is 1. The van der Waals surface area contributed by atoms with E-state index in [-0.39, 0.29) is 17.8 Å². The molecule has 2 aromatic carbocycles. The highest BCUT2D eigenvalue weighted by Crippen LogP contribution is 2.17. The topological polar surface area (TPSA) is 150 Å². The minimum atomic E-state index is -5.08. The first-order valence-corrected chi connectivity index (χ1v) is 10.8. The van der Waals surface area contributed by atoms with Crippen LogP contribution in [0.15, 0.2) is 70.2 Å². The largest absolute Gasteiger partial charge is 0.490 e. The lowest BCUT2D eigenvalue weighted by atomic mass is 10.1. The van der Waals surface area contributed by atoms with Gasteiger partial charge >= 0.3 is 12.1 Å². The van der Waals surface area contributed by atoms with Crippen molar-refractivity contribution in [3.05, 3.63) is 87.0 Å². The summed E-state index contributed by atoms with van der Waals surface area (Å²) in [6.07, 6.45) is -2.85. The van der Waals surface area contributed by atoms with Gasteiger partial charge in [0.05, 0.1) is 18.0 Å². The van der Waals surface area contributed by atoms with E-state index in [0.717, 1.165) is 9.86 Å². The van der Waals surface area contributed by atoms with E-state index in [1.54, 1.807) is 42.6 Å². The van der Waals surface area contributed by atoms with Gasteiger partial charge in [0.2, 0.25) is 0 Å². The number of alkyl halides is 3. The summed E-state index contributed by atoms with van der Waals surface area (Å²) in [6, 6.07) is 14.2. The molecule has 1 unspecified atom stereocenters. The summed E-state index contributed by atoms with van der Waals surface area (Å²) in [6.45, 7) is 0.0477. The average Bonchev–Trinajstić information content (AvgIpc) is 3.33. The number of aliphatic hydroxyl groups excluding tert-OH is 1. The Kier molecular flexibility index (Phi) is 8.22. The molecule has 188 valence electrons. The van der Waals surface area contributed by atoms with Gasteiger partial charge in [-0.1, -0.05) is 33.3 Å². The van der Waals surface area contributed by atoms with Gasteiger partial charge in [-0.2, -0.15) is 13.2 Å². The number of aliphatic hydroxyl groups is 1.